The van der Waals surface area contributed by atoms with Crippen LogP contribution in [0, 0.1) is 27.7 Å². The van der Waals surface area contributed by atoms with Crippen LogP contribution in [0.3, 0.4) is 0 Å². The molecule has 1 amide bonds. The number of nitrogens with one attached hydrogen (secondary N) is 1. The summed E-state index contributed by atoms with van der Waals surface area (Å²) >= 11 is 6.03. The van der Waals surface area contributed by atoms with Gasteiger partial charge in [0.15, 0.2) is 6.10 Å². The lowest BCUT2D eigenvalue weighted by molar-refractivity contribution is -0.122. The second kappa shape index (κ2) is 7.71. The average molecular weight is 346 g/mol. The third-order valence-electron chi connectivity index (χ3n) is 4.00. The van der Waals surface area contributed by atoms with Gasteiger partial charge >= 0.3 is 0 Å². The molecule has 128 valence electrons. The molecular weight excluding hydrogens is 322 g/mol. The molecule has 0 radical (unpaired) electrons. The fourth-order valence-electron chi connectivity index (χ4n) is 2.76. The van der Waals surface area contributed by atoms with E-state index >= 15 is 0 Å². The maximum atomic E-state index is 12.6. The largest absolute Gasteiger partial charge is 0.481 e. The Balaban J connectivity index is 2.16. The first-order valence-electron chi connectivity index (χ1n) is 8.13. The number of carbonyl (C=O) groups is 1. The molecule has 2 rings (SSSR count). The van der Waals surface area contributed by atoms with E-state index in [1.165, 1.54) is 5.56 Å². The molecular formula is C20H24ClNO2. The first kappa shape index (κ1) is 18.3. The van der Waals surface area contributed by atoms with Crippen LogP contribution in [0.2, 0.25) is 5.02 Å². The Labute approximate surface area is 149 Å². The standard InChI is InChI=1S/C20H24ClNO2/c1-6-18(24-16-7-8-17(21)13(3)11-16)20(23)22-19-14(4)9-12(2)10-15(19)5/h7-11,18H,6H2,1-5H3,(H,22,23). The molecule has 1 atom stereocenters. The Hall–Kier alpha value is -2.00. The predicted octanol–water partition coefficient (Wildman–Crippen LogP) is 5.37. The summed E-state index contributed by atoms with van der Waals surface area (Å²) in [5, 5.41) is 3.70. The average Bonchev–Trinajstić information content (AvgIpc) is 2.51. The maximum Gasteiger partial charge on any atom is 0.265 e. The van der Waals surface area contributed by atoms with E-state index in [1.54, 1.807) is 12.1 Å². The van der Waals surface area contributed by atoms with Gasteiger partial charge in [0.2, 0.25) is 0 Å². The van der Waals surface area contributed by atoms with Crippen LogP contribution < -0.4 is 10.1 Å². The van der Waals surface area contributed by atoms with Crippen molar-refractivity contribution >= 4 is 23.2 Å². The van der Waals surface area contributed by atoms with E-state index in [2.05, 4.69) is 17.4 Å². The topological polar surface area (TPSA) is 38.3 Å². The fraction of sp³-hybridized carbons (Fsp3) is 0.350. The minimum atomic E-state index is -0.550. The van der Waals surface area contributed by atoms with E-state index in [-0.39, 0.29) is 5.91 Å². The second-order valence-electron chi connectivity index (χ2n) is 6.19. The lowest BCUT2D eigenvalue weighted by Crippen LogP contribution is -2.32. The summed E-state index contributed by atoms with van der Waals surface area (Å²) in [7, 11) is 0. The molecule has 24 heavy (non-hydrogen) atoms. The number of anilines is 1. The van der Waals surface area contributed by atoms with Gasteiger partial charge in [-0.2, -0.15) is 0 Å². The van der Waals surface area contributed by atoms with Crippen molar-refractivity contribution in [2.24, 2.45) is 0 Å². The van der Waals surface area contributed by atoms with Crippen LogP contribution in [0.1, 0.15) is 35.6 Å². The van der Waals surface area contributed by atoms with E-state index in [1.807, 2.05) is 40.7 Å². The monoisotopic (exact) mass is 345 g/mol. The second-order valence-corrected chi connectivity index (χ2v) is 6.60. The summed E-state index contributed by atoms with van der Waals surface area (Å²) in [4.78, 5) is 12.6. The molecule has 1 unspecified atom stereocenters. The van der Waals surface area contributed by atoms with Gasteiger partial charge in [-0.15, -0.1) is 0 Å². The third kappa shape index (κ3) is 4.30. The van der Waals surface area contributed by atoms with E-state index in [0.29, 0.717) is 17.2 Å². The summed E-state index contributed by atoms with van der Waals surface area (Å²) in [6, 6.07) is 9.54. The van der Waals surface area contributed by atoms with Gasteiger partial charge in [-0.05, 0) is 69.0 Å². The van der Waals surface area contributed by atoms with Gasteiger partial charge in [-0.3, -0.25) is 4.79 Å². The number of aryl methyl sites for hydroxylation is 4. The van der Waals surface area contributed by atoms with Crippen LogP contribution >= 0.6 is 11.6 Å². The number of carbonyl (C=O) groups excluding carboxylic acids is 1. The van der Waals surface area contributed by atoms with Crippen molar-refractivity contribution < 1.29 is 9.53 Å². The number of rotatable bonds is 5. The number of amides is 1. The highest BCUT2D eigenvalue weighted by Gasteiger charge is 2.20. The Morgan fingerprint density at radius 1 is 1.08 bits per heavy atom. The molecule has 0 aliphatic carbocycles. The summed E-state index contributed by atoms with van der Waals surface area (Å²) in [6.45, 7) is 9.89. The Kier molecular flexibility index (Phi) is 5.89. The zero-order valence-electron chi connectivity index (χ0n) is 14.9. The van der Waals surface area contributed by atoms with E-state index in [9.17, 15) is 4.79 Å². The number of hydrogen-bond acceptors (Lipinski definition) is 2. The van der Waals surface area contributed by atoms with Gasteiger partial charge in [0.05, 0.1) is 0 Å². The number of ether oxygens (including phenoxy) is 1. The molecule has 0 fully saturated rings. The van der Waals surface area contributed by atoms with Gasteiger partial charge < -0.3 is 10.1 Å². The number of halogens is 1. The summed E-state index contributed by atoms with van der Waals surface area (Å²) in [5.74, 6) is 0.511. The highest BCUT2D eigenvalue weighted by molar-refractivity contribution is 6.31. The fourth-order valence-corrected chi connectivity index (χ4v) is 2.88. The Morgan fingerprint density at radius 3 is 2.25 bits per heavy atom. The predicted molar refractivity (Wildman–Crippen MR) is 100 cm³/mol. The Morgan fingerprint density at radius 2 is 1.71 bits per heavy atom. The van der Waals surface area contributed by atoms with Crippen LogP contribution in [0.4, 0.5) is 5.69 Å². The molecule has 0 bridgehead atoms. The molecule has 2 aromatic carbocycles. The summed E-state index contributed by atoms with van der Waals surface area (Å²) < 4.78 is 5.87. The van der Waals surface area contributed by atoms with Crippen molar-refractivity contribution in [2.75, 3.05) is 5.32 Å². The first-order valence-corrected chi connectivity index (χ1v) is 8.51. The molecule has 1 N–H and O–H groups in total. The van der Waals surface area contributed by atoms with Gasteiger partial charge in [0.25, 0.3) is 5.91 Å². The van der Waals surface area contributed by atoms with Crippen molar-refractivity contribution in [2.45, 2.75) is 47.1 Å². The molecule has 0 aliphatic rings. The minimum Gasteiger partial charge on any atom is -0.481 e. The molecule has 0 saturated carbocycles. The quantitative estimate of drug-likeness (QED) is 0.791. The van der Waals surface area contributed by atoms with Crippen LogP contribution in [-0.2, 0) is 4.79 Å². The van der Waals surface area contributed by atoms with Gasteiger partial charge in [0, 0.05) is 10.7 Å². The molecule has 2 aromatic rings. The van der Waals surface area contributed by atoms with Crippen LogP contribution in [-0.4, -0.2) is 12.0 Å². The molecule has 0 aliphatic heterocycles. The smallest absolute Gasteiger partial charge is 0.265 e. The number of benzene rings is 2. The zero-order chi connectivity index (χ0) is 17.9. The van der Waals surface area contributed by atoms with Crippen molar-refractivity contribution in [1.29, 1.82) is 0 Å². The summed E-state index contributed by atoms with van der Waals surface area (Å²) in [5.41, 5.74) is 5.08. The number of hydrogen-bond donors (Lipinski definition) is 1. The van der Waals surface area contributed by atoms with Crippen LogP contribution in [0.5, 0.6) is 5.75 Å². The van der Waals surface area contributed by atoms with E-state index in [0.717, 1.165) is 22.4 Å². The van der Waals surface area contributed by atoms with Crippen LogP contribution in [0.15, 0.2) is 30.3 Å². The van der Waals surface area contributed by atoms with Crippen molar-refractivity contribution in [3.63, 3.8) is 0 Å². The van der Waals surface area contributed by atoms with Crippen LogP contribution in [0.25, 0.3) is 0 Å². The van der Waals surface area contributed by atoms with Gasteiger partial charge in [0.1, 0.15) is 5.75 Å². The highest BCUT2D eigenvalue weighted by Crippen LogP contribution is 2.25. The lowest BCUT2D eigenvalue weighted by atomic mass is 10.0. The van der Waals surface area contributed by atoms with E-state index in [4.69, 9.17) is 16.3 Å². The van der Waals surface area contributed by atoms with E-state index < -0.39 is 6.10 Å². The van der Waals surface area contributed by atoms with Crippen molar-refractivity contribution in [1.82, 2.24) is 0 Å². The first-order chi connectivity index (χ1) is 11.3. The highest BCUT2D eigenvalue weighted by atomic mass is 35.5. The third-order valence-corrected chi connectivity index (χ3v) is 4.42. The van der Waals surface area contributed by atoms with Gasteiger partial charge in [-0.1, -0.05) is 36.2 Å². The zero-order valence-corrected chi connectivity index (χ0v) is 15.6. The molecule has 0 aromatic heterocycles. The normalized spacial score (nSPS) is 11.9. The molecule has 0 saturated heterocycles. The molecule has 4 heteroatoms. The molecule has 0 heterocycles. The molecule has 0 spiro atoms. The Bertz CT molecular complexity index is 732. The van der Waals surface area contributed by atoms with Crippen molar-refractivity contribution in [3.05, 3.63) is 57.6 Å². The van der Waals surface area contributed by atoms with Gasteiger partial charge in [-0.25, -0.2) is 0 Å². The lowest BCUT2D eigenvalue weighted by Gasteiger charge is -2.20. The van der Waals surface area contributed by atoms with Crippen molar-refractivity contribution in [3.8, 4) is 5.75 Å². The minimum absolute atomic E-state index is 0.139. The molecule has 3 nitrogen and oxygen atoms in total. The summed E-state index contributed by atoms with van der Waals surface area (Å²) in [6.07, 6.45) is 0.0305. The SMILES string of the molecule is CCC(Oc1ccc(Cl)c(C)c1)C(=O)Nc1c(C)cc(C)cc1C. The maximum absolute atomic E-state index is 12.6.